The van der Waals surface area contributed by atoms with E-state index in [1.807, 2.05) is 6.07 Å². The maximum absolute atomic E-state index is 12.4. The summed E-state index contributed by atoms with van der Waals surface area (Å²) in [6, 6.07) is 10.6. The van der Waals surface area contributed by atoms with Gasteiger partial charge in [-0.05, 0) is 30.3 Å². The first-order valence-corrected chi connectivity index (χ1v) is 8.38. The van der Waals surface area contributed by atoms with Crippen LogP contribution in [0.1, 0.15) is 5.56 Å². The summed E-state index contributed by atoms with van der Waals surface area (Å²) in [4.78, 5) is -0.0841. The normalized spacial score (nSPS) is 11.3. The van der Waals surface area contributed by atoms with Crippen molar-refractivity contribution in [1.29, 1.82) is 5.26 Å². The van der Waals surface area contributed by atoms with Crippen LogP contribution in [0.4, 0.5) is 0 Å². The molecular weight excluding hydrogens is 346 g/mol. The molecule has 0 N–H and O–H groups in total. The van der Waals surface area contributed by atoms with Gasteiger partial charge in [-0.15, -0.1) is 0 Å². The van der Waals surface area contributed by atoms with Gasteiger partial charge >= 0.3 is 10.1 Å². The molecule has 9 heteroatoms. The lowest BCUT2D eigenvalue weighted by Crippen LogP contribution is -2.10. The molecule has 0 saturated carbocycles. The topological polar surface area (TPSA) is 92.9 Å². The summed E-state index contributed by atoms with van der Waals surface area (Å²) in [6.07, 6.45) is 0. The summed E-state index contributed by atoms with van der Waals surface area (Å²) >= 11 is 6.85. The van der Waals surface area contributed by atoms with Gasteiger partial charge in [0.1, 0.15) is 15.9 Å². The fraction of sp³-hybridized carbons (Fsp3) is 0. The van der Waals surface area contributed by atoms with Crippen LogP contribution < -0.4 is 4.18 Å². The lowest BCUT2D eigenvalue weighted by atomic mass is 10.2. The molecule has 0 saturated heterocycles. The molecule has 0 unspecified atom stereocenters. The molecule has 0 aliphatic carbocycles. The van der Waals surface area contributed by atoms with E-state index in [-0.39, 0.29) is 21.2 Å². The number of benzene rings is 2. The van der Waals surface area contributed by atoms with Gasteiger partial charge in [-0.2, -0.15) is 22.4 Å². The van der Waals surface area contributed by atoms with Crippen LogP contribution in [-0.2, 0) is 10.1 Å². The number of fused-ring (bicyclic) bond motifs is 1. The second kappa shape index (κ2) is 5.53. The summed E-state index contributed by atoms with van der Waals surface area (Å²) < 4.78 is 37.8. The standard InChI is InChI=1S/C13H6ClN3O3S2/c14-9-6-8(7-15)4-5-11(9)20-22(18,19)12-3-1-2-10-13(12)17-21-16-10/h1-6H. The Hall–Kier alpha value is -2.21. The predicted molar refractivity (Wildman–Crippen MR) is 81.4 cm³/mol. The number of hydrogen-bond acceptors (Lipinski definition) is 7. The van der Waals surface area contributed by atoms with Crippen LogP contribution >= 0.6 is 23.3 Å². The zero-order valence-corrected chi connectivity index (χ0v) is 13.1. The van der Waals surface area contributed by atoms with Crippen LogP contribution in [0.5, 0.6) is 5.75 Å². The molecule has 0 fully saturated rings. The molecule has 22 heavy (non-hydrogen) atoms. The third-order valence-corrected chi connectivity index (χ3v) is 4.88. The van der Waals surface area contributed by atoms with Crippen LogP contribution in [0, 0.1) is 11.3 Å². The van der Waals surface area contributed by atoms with E-state index < -0.39 is 10.1 Å². The average Bonchev–Trinajstić information content (AvgIpc) is 2.97. The van der Waals surface area contributed by atoms with Gasteiger partial charge in [0, 0.05) is 0 Å². The van der Waals surface area contributed by atoms with Crippen molar-refractivity contribution in [3.8, 4) is 11.8 Å². The van der Waals surface area contributed by atoms with E-state index in [9.17, 15) is 8.42 Å². The van der Waals surface area contributed by atoms with Gasteiger partial charge in [-0.25, -0.2) is 0 Å². The monoisotopic (exact) mass is 351 g/mol. The number of halogens is 1. The second-order valence-corrected chi connectivity index (χ2v) is 6.63. The fourth-order valence-corrected chi connectivity index (χ4v) is 3.76. The van der Waals surface area contributed by atoms with Crippen LogP contribution in [-0.4, -0.2) is 17.2 Å². The Morgan fingerprint density at radius 1 is 1.23 bits per heavy atom. The first-order valence-electron chi connectivity index (χ1n) is 5.87. The van der Waals surface area contributed by atoms with Gasteiger partial charge in [0.2, 0.25) is 0 Å². The third kappa shape index (κ3) is 2.62. The highest BCUT2D eigenvalue weighted by Gasteiger charge is 2.23. The summed E-state index contributed by atoms with van der Waals surface area (Å²) in [5, 5.41) is 8.81. The first-order chi connectivity index (χ1) is 10.5. The molecule has 1 aromatic heterocycles. The van der Waals surface area contributed by atoms with Crippen LogP contribution in [0.25, 0.3) is 11.0 Å². The van der Waals surface area contributed by atoms with Gasteiger partial charge < -0.3 is 4.18 Å². The SMILES string of the molecule is N#Cc1ccc(OS(=O)(=O)c2cccc3nsnc23)c(Cl)c1. The van der Waals surface area contributed by atoms with Gasteiger partial charge in [0.25, 0.3) is 0 Å². The van der Waals surface area contributed by atoms with Gasteiger partial charge in [-0.3, -0.25) is 0 Å². The smallest absolute Gasteiger partial charge is 0.341 e. The number of hydrogen-bond donors (Lipinski definition) is 0. The van der Waals surface area contributed by atoms with Crippen molar-refractivity contribution in [3.05, 3.63) is 47.0 Å². The highest BCUT2D eigenvalue weighted by atomic mass is 35.5. The van der Waals surface area contributed by atoms with Crippen molar-refractivity contribution >= 4 is 44.5 Å². The van der Waals surface area contributed by atoms with E-state index in [2.05, 4.69) is 8.75 Å². The molecule has 3 aromatic rings. The van der Waals surface area contributed by atoms with E-state index in [0.29, 0.717) is 11.1 Å². The zero-order valence-electron chi connectivity index (χ0n) is 10.7. The van der Waals surface area contributed by atoms with E-state index in [0.717, 1.165) is 11.7 Å². The zero-order chi connectivity index (χ0) is 15.7. The summed E-state index contributed by atoms with van der Waals surface area (Å²) in [6.45, 7) is 0. The average molecular weight is 352 g/mol. The van der Waals surface area contributed by atoms with E-state index >= 15 is 0 Å². The Bertz CT molecular complexity index is 1010. The van der Waals surface area contributed by atoms with Crippen molar-refractivity contribution in [2.75, 3.05) is 0 Å². The molecule has 0 bridgehead atoms. The molecular formula is C13H6ClN3O3S2. The molecule has 0 aliphatic rings. The highest BCUT2D eigenvalue weighted by Crippen LogP contribution is 2.30. The van der Waals surface area contributed by atoms with Gasteiger partial charge in [0.15, 0.2) is 5.75 Å². The molecule has 0 spiro atoms. The van der Waals surface area contributed by atoms with Crippen LogP contribution in [0.2, 0.25) is 5.02 Å². The largest absolute Gasteiger partial charge is 0.377 e. The van der Waals surface area contributed by atoms with Crippen molar-refractivity contribution < 1.29 is 12.6 Å². The quantitative estimate of drug-likeness (QED) is 0.673. The number of rotatable bonds is 3. The molecule has 0 amide bonds. The van der Waals surface area contributed by atoms with Crippen LogP contribution in [0.15, 0.2) is 41.3 Å². The third-order valence-electron chi connectivity index (χ3n) is 2.78. The number of nitriles is 1. The van der Waals surface area contributed by atoms with Crippen molar-refractivity contribution in [1.82, 2.24) is 8.75 Å². The van der Waals surface area contributed by atoms with E-state index in [1.54, 1.807) is 12.1 Å². The van der Waals surface area contributed by atoms with E-state index in [1.165, 1.54) is 24.3 Å². The Kier molecular flexibility index (Phi) is 3.70. The highest BCUT2D eigenvalue weighted by molar-refractivity contribution is 7.87. The van der Waals surface area contributed by atoms with E-state index in [4.69, 9.17) is 21.0 Å². The molecule has 0 radical (unpaired) electrons. The van der Waals surface area contributed by atoms with Crippen molar-refractivity contribution in [2.24, 2.45) is 0 Å². The second-order valence-electron chi connectivity index (χ2n) is 4.18. The molecule has 6 nitrogen and oxygen atoms in total. The number of aromatic nitrogens is 2. The minimum Gasteiger partial charge on any atom is -0.377 e. The van der Waals surface area contributed by atoms with Gasteiger partial charge in [0.05, 0.1) is 28.4 Å². The summed E-state index contributed by atoms with van der Waals surface area (Å²) in [7, 11) is -4.12. The maximum Gasteiger partial charge on any atom is 0.341 e. The molecule has 0 aliphatic heterocycles. The minimum absolute atomic E-state index is 0.0335. The Balaban J connectivity index is 2.05. The lowest BCUT2D eigenvalue weighted by Gasteiger charge is -2.08. The molecule has 1 heterocycles. The molecule has 110 valence electrons. The lowest BCUT2D eigenvalue weighted by molar-refractivity contribution is 0.487. The Labute approximate surface area is 135 Å². The molecule has 3 rings (SSSR count). The molecule has 0 atom stereocenters. The maximum atomic E-state index is 12.4. The minimum atomic E-state index is -4.12. The Morgan fingerprint density at radius 2 is 2.05 bits per heavy atom. The molecule has 2 aromatic carbocycles. The van der Waals surface area contributed by atoms with Gasteiger partial charge in [-0.1, -0.05) is 17.7 Å². The summed E-state index contributed by atoms with van der Waals surface area (Å²) in [5.41, 5.74) is 1.03. The van der Waals surface area contributed by atoms with Crippen molar-refractivity contribution in [3.63, 3.8) is 0 Å². The van der Waals surface area contributed by atoms with Crippen molar-refractivity contribution in [2.45, 2.75) is 4.90 Å². The predicted octanol–water partition coefficient (Wildman–Crippen LogP) is 2.98. The Morgan fingerprint density at radius 3 is 2.77 bits per heavy atom. The van der Waals surface area contributed by atoms with Crippen LogP contribution in [0.3, 0.4) is 0 Å². The summed E-state index contributed by atoms with van der Waals surface area (Å²) in [5.74, 6) is -0.0548. The first kappa shape index (κ1) is 14.7. The number of nitrogens with zero attached hydrogens (tertiary/aromatic N) is 3. The fourth-order valence-electron chi connectivity index (χ4n) is 1.78.